The Bertz CT molecular complexity index is 857. The zero-order valence-electron chi connectivity index (χ0n) is 16.1. The van der Waals surface area contributed by atoms with E-state index in [9.17, 15) is 4.79 Å². The number of hydrogen-bond donors (Lipinski definition) is 0. The second-order valence-electron chi connectivity index (χ2n) is 6.33. The fourth-order valence-corrected chi connectivity index (χ4v) is 3.50. The van der Waals surface area contributed by atoms with Crippen molar-refractivity contribution in [1.29, 1.82) is 0 Å². The van der Waals surface area contributed by atoms with Gasteiger partial charge in [-0.25, -0.2) is 0 Å². The highest BCUT2D eigenvalue weighted by Crippen LogP contribution is 2.44. The van der Waals surface area contributed by atoms with Crippen molar-refractivity contribution in [3.05, 3.63) is 58.7 Å². The second-order valence-corrected chi connectivity index (χ2v) is 6.33. The molecule has 0 heterocycles. The maximum atomic E-state index is 11.4. The van der Waals surface area contributed by atoms with Gasteiger partial charge in [-0.05, 0) is 52.8 Å². The number of hydrogen-bond acceptors (Lipinski definition) is 5. The fraction of sp³-hybridized carbons (Fsp3) is 0.318. The van der Waals surface area contributed by atoms with Crippen LogP contribution in [0.1, 0.15) is 30.0 Å². The van der Waals surface area contributed by atoms with Crippen LogP contribution < -0.4 is 14.2 Å². The van der Waals surface area contributed by atoms with Crippen molar-refractivity contribution in [1.82, 2.24) is 0 Å². The molecular formula is C22H24O5. The Kier molecular flexibility index (Phi) is 5.69. The molecule has 0 amide bonds. The van der Waals surface area contributed by atoms with Gasteiger partial charge in [0.2, 0.25) is 5.75 Å². The summed E-state index contributed by atoms with van der Waals surface area (Å²) in [5.41, 5.74) is 5.49. The number of methoxy groups -OCH3 is 3. The number of aryl methyl sites for hydroxylation is 1. The van der Waals surface area contributed by atoms with Crippen LogP contribution in [-0.4, -0.2) is 33.9 Å². The molecule has 0 unspecified atom stereocenters. The molecule has 0 N–H and O–H groups in total. The van der Waals surface area contributed by atoms with Crippen LogP contribution in [0.4, 0.5) is 0 Å². The van der Waals surface area contributed by atoms with E-state index >= 15 is 0 Å². The number of ether oxygens (including phenoxy) is 4. The van der Waals surface area contributed by atoms with Gasteiger partial charge in [-0.1, -0.05) is 24.3 Å². The Morgan fingerprint density at radius 1 is 0.963 bits per heavy atom. The van der Waals surface area contributed by atoms with Crippen molar-refractivity contribution in [2.75, 3.05) is 27.9 Å². The molecule has 0 aliphatic heterocycles. The first-order chi connectivity index (χ1) is 13.1. The molecule has 0 saturated heterocycles. The fourth-order valence-electron chi connectivity index (χ4n) is 3.50. The van der Waals surface area contributed by atoms with Crippen LogP contribution in [0.25, 0.3) is 5.57 Å². The van der Waals surface area contributed by atoms with Crippen molar-refractivity contribution in [3.63, 3.8) is 0 Å². The van der Waals surface area contributed by atoms with Gasteiger partial charge in [-0.3, -0.25) is 4.79 Å². The lowest BCUT2D eigenvalue weighted by atomic mass is 9.82. The Morgan fingerprint density at radius 3 is 2.22 bits per heavy atom. The Hall–Kier alpha value is -2.95. The molecule has 5 heteroatoms. The number of fused-ring (bicyclic) bond motifs is 1. The van der Waals surface area contributed by atoms with Crippen molar-refractivity contribution in [3.8, 4) is 17.2 Å². The SMILES string of the molecule is COc1cc(C2=C(COC(C)=O)CCc3ccccc32)cc(OC)c1OC. The van der Waals surface area contributed by atoms with Gasteiger partial charge in [-0.2, -0.15) is 0 Å². The lowest BCUT2D eigenvalue weighted by Crippen LogP contribution is -2.12. The molecule has 0 atom stereocenters. The minimum Gasteiger partial charge on any atom is -0.493 e. The van der Waals surface area contributed by atoms with E-state index in [1.807, 2.05) is 24.3 Å². The zero-order chi connectivity index (χ0) is 19.4. The Labute approximate surface area is 159 Å². The van der Waals surface area contributed by atoms with Gasteiger partial charge < -0.3 is 18.9 Å². The molecule has 27 heavy (non-hydrogen) atoms. The summed E-state index contributed by atoms with van der Waals surface area (Å²) in [7, 11) is 4.79. The number of rotatable bonds is 6. The van der Waals surface area contributed by atoms with E-state index in [2.05, 4.69) is 12.1 Å². The van der Waals surface area contributed by atoms with Crippen LogP contribution in [0, 0.1) is 0 Å². The summed E-state index contributed by atoms with van der Waals surface area (Å²) in [6.07, 6.45) is 1.75. The molecule has 2 aromatic rings. The van der Waals surface area contributed by atoms with E-state index in [1.54, 1.807) is 21.3 Å². The van der Waals surface area contributed by atoms with Crippen LogP contribution in [0.3, 0.4) is 0 Å². The van der Waals surface area contributed by atoms with Gasteiger partial charge in [0.05, 0.1) is 21.3 Å². The topological polar surface area (TPSA) is 54.0 Å². The average molecular weight is 368 g/mol. The Morgan fingerprint density at radius 2 is 1.63 bits per heavy atom. The van der Waals surface area contributed by atoms with Gasteiger partial charge in [-0.15, -0.1) is 0 Å². The summed E-state index contributed by atoms with van der Waals surface area (Å²) in [5, 5.41) is 0. The van der Waals surface area contributed by atoms with E-state index in [-0.39, 0.29) is 12.6 Å². The van der Waals surface area contributed by atoms with Crippen LogP contribution in [-0.2, 0) is 16.0 Å². The number of esters is 1. The third-order valence-electron chi connectivity index (χ3n) is 4.74. The Balaban J connectivity index is 2.21. The van der Waals surface area contributed by atoms with E-state index in [0.29, 0.717) is 17.2 Å². The summed E-state index contributed by atoms with van der Waals surface area (Å²) < 4.78 is 21.8. The van der Waals surface area contributed by atoms with Crippen molar-refractivity contribution >= 4 is 11.5 Å². The normalized spacial score (nSPS) is 13.0. The molecule has 0 radical (unpaired) electrons. The summed E-state index contributed by atoms with van der Waals surface area (Å²) in [6.45, 7) is 1.70. The molecule has 142 valence electrons. The third kappa shape index (κ3) is 3.77. The van der Waals surface area contributed by atoms with E-state index in [1.165, 1.54) is 12.5 Å². The van der Waals surface area contributed by atoms with Crippen LogP contribution in [0.15, 0.2) is 42.0 Å². The predicted octanol–water partition coefficient (Wildman–Crippen LogP) is 4.02. The van der Waals surface area contributed by atoms with Gasteiger partial charge in [0.1, 0.15) is 6.61 Å². The van der Waals surface area contributed by atoms with Crippen molar-refractivity contribution in [2.24, 2.45) is 0 Å². The highest BCUT2D eigenvalue weighted by molar-refractivity contribution is 5.87. The smallest absolute Gasteiger partial charge is 0.302 e. The standard InChI is InChI=1S/C22H24O5/c1-14(23)27-13-16-10-9-15-7-5-6-8-18(15)21(16)17-11-19(24-2)22(26-4)20(12-17)25-3/h5-8,11-12H,9-10,13H2,1-4H3. The molecule has 0 spiro atoms. The minimum absolute atomic E-state index is 0.273. The molecule has 0 aromatic heterocycles. The molecule has 3 rings (SSSR count). The molecule has 1 aliphatic carbocycles. The summed E-state index contributed by atoms with van der Waals surface area (Å²) in [6, 6.07) is 12.2. The highest BCUT2D eigenvalue weighted by atomic mass is 16.5. The molecular weight excluding hydrogens is 344 g/mol. The first-order valence-corrected chi connectivity index (χ1v) is 8.83. The molecule has 5 nitrogen and oxygen atoms in total. The van der Waals surface area contributed by atoms with Crippen LogP contribution in [0.5, 0.6) is 17.2 Å². The maximum Gasteiger partial charge on any atom is 0.302 e. The number of carbonyl (C=O) groups is 1. The van der Waals surface area contributed by atoms with Crippen molar-refractivity contribution < 1.29 is 23.7 Å². The number of carbonyl (C=O) groups excluding carboxylic acids is 1. The van der Waals surface area contributed by atoms with E-state index in [0.717, 1.165) is 35.1 Å². The van der Waals surface area contributed by atoms with Gasteiger partial charge in [0.25, 0.3) is 0 Å². The molecule has 0 fully saturated rings. The molecule has 1 aliphatic rings. The number of benzene rings is 2. The molecule has 0 bridgehead atoms. The van der Waals surface area contributed by atoms with Gasteiger partial charge in [0.15, 0.2) is 11.5 Å². The third-order valence-corrected chi connectivity index (χ3v) is 4.74. The van der Waals surface area contributed by atoms with Crippen molar-refractivity contribution in [2.45, 2.75) is 19.8 Å². The predicted molar refractivity (Wildman–Crippen MR) is 104 cm³/mol. The van der Waals surface area contributed by atoms with Gasteiger partial charge >= 0.3 is 5.97 Å². The summed E-state index contributed by atoms with van der Waals surface area (Å²) in [4.78, 5) is 11.4. The molecule has 0 saturated carbocycles. The summed E-state index contributed by atoms with van der Waals surface area (Å²) >= 11 is 0. The van der Waals surface area contributed by atoms with Gasteiger partial charge in [0, 0.05) is 6.92 Å². The monoisotopic (exact) mass is 368 g/mol. The second kappa shape index (κ2) is 8.16. The lowest BCUT2D eigenvalue weighted by molar-refractivity contribution is -0.140. The van der Waals surface area contributed by atoms with E-state index < -0.39 is 0 Å². The average Bonchev–Trinajstić information content (AvgIpc) is 2.70. The summed E-state index contributed by atoms with van der Waals surface area (Å²) in [5.74, 6) is 1.45. The van der Waals surface area contributed by atoms with E-state index in [4.69, 9.17) is 18.9 Å². The highest BCUT2D eigenvalue weighted by Gasteiger charge is 2.23. The van der Waals surface area contributed by atoms with Crippen LogP contribution >= 0.6 is 0 Å². The lowest BCUT2D eigenvalue weighted by Gasteiger charge is -2.25. The first kappa shape index (κ1) is 18.8. The maximum absolute atomic E-state index is 11.4. The minimum atomic E-state index is -0.286. The first-order valence-electron chi connectivity index (χ1n) is 8.83. The largest absolute Gasteiger partial charge is 0.493 e. The quantitative estimate of drug-likeness (QED) is 0.721. The van der Waals surface area contributed by atoms with Crippen LogP contribution in [0.2, 0.25) is 0 Å². The molecule has 2 aromatic carbocycles. The zero-order valence-corrected chi connectivity index (χ0v) is 16.1.